The van der Waals surface area contributed by atoms with Crippen molar-refractivity contribution in [1.29, 1.82) is 0 Å². The van der Waals surface area contributed by atoms with Gasteiger partial charge in [-0.15, -0.1) is 11.8 Å². The summed E-state index contributed by atoms with van der Waals surface area (Å²) < 4.78 is 0. The molecular formula is C13H18N2OS2. The zero-order chi connectivity index (χ0) is 13.5. The lowest BCUT2D eigenvalue weighted by molar-refractivity contribution is -0.115. The summed E-state index contributed by atoms with van der Waals surface area (Å²) in [5, 5.41) is 2.77. The highest BCUT2D eigenvalue weighted by Crippen LogP contribution is 2.15. The SMILES string of the molecule is Cc1ccc(NC(=O)C(C)SCCC(N)=S)cc1. The van der Waals surface area contributed by atoms with Gasteiger partial charge in [0.25, 0.3) is 0 Å². The number of hydrogen-bond acceptors (Lipinski definition) is 3. The highest BCUT2D eigenvalue weighted by molar-refractivity contribution is 8.00. The zero-order valence-corrected chi connectivity index (χ0v) is 12.2. The molecule has 1 amide bonds. The van der Waals surface area contributed by atoms with Crippen LogP contribution in [0.1, 0.15) is 18.9 Å². The Morgan fingerprint density at radius 3 is 2.61 bits per heavy atom. The molecule has 5 heteroatoms. The van der Waals surface area contributed by atoms with E-state index in [9.17, 15) is 4.79 Å². The predicted octanol–water partition coefficient (Wildman–Crippen LogP) is 2.73. The maximum absolute atomic E-state index is 11.9. The molecule has 1 atom stereocenters. The monoisotopic (exact) mass is 282 g/mol. The van der Waals surface area contributed by atoms with Gasteiger partial charge < -0.3 is 11.1 Å². The van der Waals surface area contributed by atoms with Gasteiger partial charge in [-0.1, -0.05) is 29.9 Å². The van der Waals surface area contributed by atoms with Crippen LogP contribution in [0.3, 0.4) is 0 Å². The number of carbonyl (C=O) groups is 1. The van der Waals surface area contributed by atoms with E-state index >= 15 is 0 Å². The van der Waals surface area contributed by atoms with Crippen LogP contribution in [0.15, 0.2) is 24.3 Å². The van der Waals surface area contributed by atoms with Crippen molar-refractivity contribution < 1.29 is 4.79 Å². The van der Waals surface area contributed by atoms with Crippen LogP contribution in [0.2, 0.25) is 0 Å². The van der Waals surface area contributed by atoms with Gasteiger partial charge >= 0.3 is 0 Å². The average molecular weight is 282 g/mol. The van der Waals surface area contributed by atoms with E-state index in [1.165, 1.54) is 5.56 Å². The first-order chi connectivity index (χ1) is 8.49. The highest BCUT2D eigenvalue weighted by Gasteiger charge is 2.13. The summed E-state index contributed by atoms with van der Waals surface area (Å²) >= 11 is 6.35. The molecular weight excluding hydrogens is 264 g/mol. The number of hydrogen-bond donors (Lipinski definition) is 2. The number of anilines is 1. The number of aryl methyl sites for hydroxylation is 1. The normalized spacial score (nSPS) is 11.9. The number of rotatable bonds is 6. The molecule has 98 valence electrons. The second-order valence-electron chi connectivity index (χ2n) is 4.08. The smallest absolute Gasteiger partial charge is 0.237 e. The zero-order valence-electron chi connectivity index (χ0n) is 10.6. The molecule has 0 heterocycles. The molecule has 0 aliphatic carbocycles. The largest absolute Gasteiger partial charge is 0.393 e. The van der Waals surface area contributed by atoms with Crippen LogP contribution >= 0.6 is 24.0 Å². The number of thiocarbonyl (C=S) groups is 1. The molecule has 1 rings (SSSR count). The first kappa shape index (κ1) is 15.0. The Kier molecular flexibility index (Phi) is 6.15. The molecule has 0 fully saturated rings. The molecule has 1 unspecified atom stereocenters. The lowest BCUT2D eigenvalue weighted by atomic mass is 10.2. The first-order valence-corrected chi connectivity index (χ1v) is 7.22. The topological polar surface area (TPSA) is 55.1 Å². The highest BCUT2D eigenvalue weighted by atomic mass is 32.2. The van der Waals surface area contributed by atoms with E-state index < -0.39 is 0 Å². The summed E-state index contributed by atoms with van der Waals surface area (Å²) in [5.41, 5.74) is 7.41. The van der Waals surface area contributed by atoms with Crippen LogP contribution in [0, 0.1) is 6.92 Å². The van der Waals surface area contributed by atoms with Crippen molar-refractivity contribution in [2.24, 2.45) is 5.73 Å². The van der Waals surface area contributed by atoms with Crippen LogP contribution in [0.25, 0.3) is 0 Å². The molecule has 0 saturated carbocycles. The van der Waals surface area contributed by atoms with E-state index in [4.69, 9.17) is 18.0 Å². The van der Waals surface area contributed by atoms with E-state index in [0.29, 0.717) is 11.4 Å². The molecule has 0 aliphatic heterocycles. The fourth-order valence-corrected chi connectivity index (χ4v) is 2.43. The van der Waals surface area contributed by atoms with Crippen molar-refractivity contribution in [3.05, 3.63) is 29.8 Å². The van der Waals surface area contributed by atoms with Gasteiger partial charge in [-0.3, -0.25) is 4.79 Å². The Morgan fingerprint density at radius 2 is 2.06 bits per heavy atom. The third kappa shape index (κ3) is 5.51. The van der Waals surface area contributed by atoms with Gasteiger partial charge in [0.15, 0.2) is 0 Å². The average Bonchev–Trinajstić information content (AvgIpc) is 2.31. The Morgan fingerprint density at radius 1 is 1.44 bits per heavy atom. The molecule has 0 radical (unpaired) electrons. The second-order valence-corrected chi connectivity index (χ2v) is 6.06. The van der Waals surface area contributed by atoms with Gasteiger partial charge in [0.2, 0.25) is 5.91 Å². The summed E-state index contributed by atoms with van der Waals surface area (Å²) in [7, 11) is 0. The maximum atomic E-state index is 11.9. The van der Waals surface area contributed by atoms with Gasteiger partial charge in [0.1, 0.15) is 0 Å². The van der Waals surface area contributed by atoms with Gasteiger partial charge in [0, 0.05) is 17.9 Å². The predicted molar refractivity (Wildman–Crippen MR) is 83.1 cm³/mol. The van der Waals surface area contributed by atoms with Crippen molar-refractivity contribution in [1.82, 2.24) is 0 Å². The Bertz CT molecular complexity index is 418. The van der Waals surface area contributed by atoms with Crippen molar-refractivity contribution in [3.8, 4) is 0 Å². The van der Waals surface area contributed by atoms with Crippen LogP contribution in [0.4, 0.5) is 5.69 Å². The van der Waals surface area contributed by atoms with Crippen LogP contribution in [-0.2, 0) is 4.79 Å². The van der Waals surface area contributed by atoms with E-state index in [0.717, 1.165) is 11.4 Å². The lowest BCUT2D eigenvalue weighted by Crippen LogP contribution is -2.23. The van der Waals surface area contributed by atoms with Crippen LogP contribution < -0.4 is 11.1 Å². The molecule has 0 bridgehead atoms. The molecule has 0 aromatic heterocycles. The third-order valence-corrected chi connectivity index (χ3v) is 3.76. The minimum absolute atomic E-state index is 0.00629. The lowest BCUT2D eigenvalue weighted by Gasteiger charge is -2.11. The Balaban J connectivity index is 2.39. The quantitative estimate of drug-likeness (QED) is 0.788. The van der Waals surface area contributed by atoms with Crippen molar-refractivity contribution in [2.45, 2.75) is 25.5 Å². The maximum Gasteiger partial charge on any atom is 0.237 e. The number of amides is 1. The summed E-state index contributed by atoms with van der Waals surface area (Å²) in [6, 6.07) is 7.75. The fourth-order valence-electron chi connectivity index (χ4n) is 1.29. The van der Waals surface area contributed by atoms with Crippen molar-refractivity contribution >= 4 is 40.6 Å². The van der Waals surface area contributed by atoms with E-state index in [1.807, 2.05) is 38.1 Å². The molecule has 1 aromatic rings. The summed E-state index contributed by atoms with van der Waals surface area (Å²) in [5.74, 6) is 0.782. The Labute approximate surface area is 118 Å². The molecule has 1 aromatic carbocycles. The minimum Gasteiger partial charge on any atom is -0.393 e. The first-order valence-electron chi connectivity index (χ1n) is 5.76. The molecule has 0 aliphatic rings. The van der Waals surface area contributed by atoms with E-state index in [2.05, 4.69) is 5.32 Å². The molecule has 0 spiro atoms. The number of benzene rings is 1. The molecule has 18 heavy (non-hydrogen) atoms. The van der Waals surface area contributed by atoms with Gasteiger partial charge in [-0.05, 0) is 26.0 Å². The Hall–Kier alpha value is -1.07. The standard InChI is InChI=1S/C13H18N2OS2/c1-9-3-5-11(6-4-9)15-13(16)10(2)18-8-7-12(14)17/h3-6,10H,7-8H2,1-2H3,(H2,14,17)(H,15,16). The van der Waals surface area contributed by atoms with Gasteiger partial charge in [-0.2, -0.15) is 0 Å². The second kappa shape index (κ2) is 7.38. The summed E-state index contributed by atoms with van der Waals surface area (Å²) in [6.45, 7) is 3.90. The fraction of sp³-hybridized carbons (Fsp3) is 0.385. The van der Waals surface area contributed by atoms with Crippen LogP contribution in [-0.4, -0.2) is 21.9 Å². The summed E-state index contributed by atoms with van der Waals surface area (Å²) in [6.07, 6.45) is 0.669. The van der Waals surface area contributed by atoms with Gasteiger partial charge in [0.05, 0.1) is 10.2 Å². The van der Waals surface area contributed by atoms with E-state index in [-0.39, 0.29) is 11.2 Å². The molecule has 0 saturated heterocycles. The minimum atomic E-state index is -0.111. The number of carbonyl (C=O) groups excluding carboxylic acids is 1. The summed E-state index contributed by atoms with van der Waals surface area (Å²) in [4.78, 5) is 12.4. The molecule has 3 nitrogen and oxygen atoms in total. The number of nitrogens with two attached hydrogens (primary N) is 1. The van der Waals surface area contributed by atoms with Gasteiger partial charge in [-0.25, -0.2) is 0 Å². The van der Waals surface area contributed by atoms with Crippen LogP contribution in [0.5, 0.6) is 0 Å². The number of nitrogens with one attached hydrogen (secondary N) is 1. The third-order valence-electron chi connectivity index (χ3n) is 2.40. The molecule has 3 N–H and O–H groups in total. The van der Waals surface area contributed by atoms with Crippen molar-refractivity contribution in [3.63, 3.8) is 0 Å². The number of thioether (sulfide) groups is 1. The van der Waals surface area contributed by atoms with Crippen molar-refractivity contribution in [2.75, 3.05) is 11.1 Å². The van der Waals surface area contributed by atoms with E-state index in [1.54, 1.807) is 11.8 Å².